The van der Waals surface area contributed by atoms with Crippen molar-refractivity contribution in [3.63, 3.8) is 0 Å². The molecule has 0 unspecified atom stereocenters. The van der Waals surface area contributed by atoms with Gasteiger partial charge in [-0.15, -0.1) is 0 Å². The molecular weight excluding hydrogens is 530 g/mol. The van der Waals surface area contributed by atoms with Gasteiger partial charge in [-0.3, -0.25) is 0 Å². The predicted molar refractivity (Wildman–Crippen MR) is 194 cm³/mol. The van der Waals surface area contributed by atoms with Gasteiger partial charge in [0.25, 0.3) is 0 Å². The van der Waals surface area contributed by atoms with Crippen LogP contribution >= 0.6 is 0 Å². The van der Waals surface area contributed by atoms with Gasteiger partial charge in [-0.05, 0) is 88.9 Å². The summed E-state index contributed by atoms with van der Waals surface area (Å²) in [5.41, 5.74) is 13.0. The Morgan fingerprint density at radius 2 is 0.886 bits per heavy atom. The number of fused-ring (bicyclic) bond motifs is 1. The second-order valence-electron chi connectivity index (χ2n) is 11.3. The zero-order valence-electron chi connectivity index (χ0n) is 25.6. The van der Waals surface area contributed by atoms with Crippen molar-refractivity contribution in [1.82, 2.24) is 0 Å². The van der Waals surface area contributed by atoms with Crippen molar-refractivity contribution in [1.29, 1.82) is 0 Å². The van der Waals surface area contributed by atoms with Crippen LogP contribution in [-0.2, 0) is 0 Å². The Labute approximate surface area is 261 Å². The largest absolute Gasteiger partial charge is 0.355 e. The van der Waals surface area contributed by atoms with Gasteiger partial charge in [0.05, 0.1) is 0 Å². The molecule has 0 amide bonds. The Hall–Kier alpha value is -5.40. The van der Waals surface area contributed by atoms with Gasteiger partial charge in [0, 0.05) is 22.3 Å². The summed E-state index contributed by atoms with van der Waals surface area (Å²) >= 11 is 0. The van der Waals surface area contributed by atoms with Crippen molar-refractivity contribution in [3.05, 3.63) is 179 Å². The number of hydrogen-bond donors (Lipinski definition) is 1. The number of allylic oxidation sites excluding steroid dienone is 3. The molecule has 0 aromatic heterocycles. The first-order valence-corrected chi connectivity index (χ1v) is 15.2. The molecule has 0 spiro atoms. The van der Waals surface area contributed by atoms with Crippen molar-refractivity contribution in [2.45, 2.75) is 20.8 Å². The van der Waals surface area contributed by atoms with Gasteiger partial charge in [-0.2, -0.15) is 0 Å². The van der Waals surface area contributed by atoms with E-state index < -0.39 is 0 Å². The van der Waals surface area contributed by atoms with E-state index in [-0.39, 0.29) is 0 Å². The van der Waals surface area contributed by atoms with Gasteiger partial charge in [-0.1, -0.05) is 146 Å². The van der Waals surface area contributed by atoms with E-state index in [1.165, 1.54) is 55.3 Å². The molecule has 0 bridgehead atoms. The molecule has 1 nitrogen and oxygen atoms in total. The number of benzene rings is 6. The maximum atomic E-state index is 3.84. The highest BCUT2D eigenvalue weighted by Gasteiger charge is 2.14. The van der Waals surface area contributed by atoms with Crippen LogP contribution in [0.2, 0.25) is 0 Å². The highest BCUT2D eigenvalue weighted by molar-refractivity contribution is 5.99. The standard InChI is InChI=1S/C43H37N/c1-31(34-16-7-4-8-17-34)28-38-26-27-43(44-42-25-15-23-37-22-13-14-24-39(37)42)41(30-33(3)36-20-11-6-12-21-36)40(38)29-32(2)35-18-9-5-10-19-35/h4-30,44H,1-3H3. The minimum Gasteiger partial charge on any atom is -0.355 e. The number of rotatable bonds is 8. The summed E-state index contributed by atoms with van der Waals surface area (Å²) in [6, 6.07) is 51.3. The Balaban J connectivity index is 1.60. The van der Waals surface area contributed by atoms with E-state index in [9.17, 15) is 0 Å². The third-order valence-corrected chi connectivity index (χ3v) is 8.16. The molecule has 0 aliphatic heterocycles. The van der Waals surface area contributed by atoms with Gasteiger partial charge in [-0.25, -0.2) is 0 Å². The van der Waals surface area contributed by atoms with Crippen LogP contribution in [0.5, 0.6) is 0 Å². The molecule has 6 aromatic carbocycles. The van der Waals surface area contributed by atoms with Crippen LogP contribution in [0.4, 0.5) is 11.4 Å². The Morgan fingerprint density at radius 1 is 0.409 bits per heavy atom. The summed E-state index contributed by atoms with van der Waals surface area (Å²) in [5, 5.41) is 6.26. The summed E-state index contributed by atoms with van der Waals surface area (Å²) in [6.07, 6.45) is 7.00. The van der Waals surface area contributed by atoms with Gasteiger partial charge in [0.1, 0.15) is 0 Å². The number of hydrogen-bond acceptors (Lipinski definition) is 1. The Morgan fingerprint density at radius 3 is 1.48 bits per heavy atom. The molecule has 214 valence electrons. The molecule has 0 aliphatic rings. The number of nitrogens with one attached hydrogen (secondary N) is 1. The lowest BCUT2D eigenvalue weighted by atomic mass is 9.91. The second kappa shape index (κ2) is 13.3. The maximum Gasteiger partial charge on any atom is 0.0464 e. The lowest BCUT2D eigenvalue weighted by Gasteiger charge is -2.18. The first-order chi connectivity index (χ1) is 21.6. The summed E-state index contributed by atoms with van der Waals surface area (Å²) in [7, 11) is 0. The minimum atomic E-state index is 1.07. The smallest absolute Gasteiger partial charge is 0.0464 e. The molecule has 0 radical (unpaired) electrons. The van der Waals surface area contributed by atoms with E-state index in [2.05, 4.69) is 190 Å². The molecule has 1 heteroatoms. The van der Waals surface area contributed by atoms with Gasteiger partial charge in [0.2, 0.25) is 0 Å². The third kappa shape index (κ3) is 6.48. The van der Waals surface area contributed by atoms with Gasteiger partial charge in [0.15, 0.2) is 0 Å². The highest BCUT2D eigenvalue weighted by atomic mass is 14.9. The van der Waals surface area contributed by atoms with Gasteiger partial charge < -0.3 is 5.32 Å². The van der Waals surface area contributed by atoms with Crippen molar-refractivity contribution >= 4 is 57.1 Å². The summed E-state index contributed by atoms with van der Waals surface area (Å²) in [6.45, 7) is 6.60. The van der Waals surface area contributed by atoms with Crippen LogP contribution in [0.15, 0.2) is 146 Å². The van der Waals surface area contributed by atoms with Gasteiger partial charge >= 0.3 is 0 Å². The van der Waals surface area contributed by atoms with Crippen LogP contribution in [0.1, 0.15) is 54.2 Å². The molecule has 0 saturated heterocycles. The molecule has 0 fully saturated rings. The second-order valence-corrected chi connectivity index (χ2v) is 11.3. The monoisotopic (exact) mass is 567 g/mol. The first kappa shape index (κ1) is 28.7. The van der Waals surface area contributed by atoms with Crippen molar-refractivity contribution in [2.24, 2.45) is 0 Å². The fourth-order valence-electron chi connectivity index (χ4n) is 5.70. The molecule has 6 rings (SSSR count). The summed E-state index contributed by atoms with van der Waals surface area (Å²) < 4.78 is 0. The zero-order valence-corrected chi connectivity index (χ0v) is 25.6. The quantitative estimate of drug-likeness (QED) is 0.180. The fourth-order valence-corrected chi connectivity index (χ4v) is 5.70. The van der Waals surface area contributed by atoms with Crippen molar-refractivity contribution < 1.29 is 0 Å². The fraction of sp³-hybridized carbons (Fsp3) is 0.0698. The average Bonchev–Trinajstić information content (AvgIpc) is 3.08. The van der Waals surface area contributed by atoms with Crippen LogP contribution in [0.3, 0.4) is 0 Å². The van der Waals surface area contributed by atoms with Crippen LogP contribution in [0.25, 0.3) is 45.7 Å². The Bertz CT molecular complexity index is 1970. The molecule has 0 saturated carbocycles. The molecule has 0 atom stereocenters. The van der Waals surface area contributed by atoms with Crippen molar-refractivity contribution in [3.8, 4) is 0 Å². The minimum absolute atomic E-state index is 1.07. The lowest BCUT2D eigenvalue weighted by molar-refractivity contribution is 1.49. The molecule has 1 N–H and O–H groups in total. The maximum absolute atomic E-state index is 3.84. The molecule has 6 aromatic rings. The zero-order chi connectivity index (χ0) is 30.3. The molecular formula is C43H37N. The first-order valence-electron chi connectivity index (χ1n) is 15.2. The third-order valence-electron chi connectivity index (χ3n) is 8.16. The van der Waals surface area contributed by atoms with Crippen LogP contribution < -0.4 is 5.32 Å². The number of anilines is 2. The summed E-state index contributed by atoms with van der Waals surface area (Å²) in [4.78, 5) is 0. The van der Waals surface area contributed by atoms with E-state index in [4.69, 9.17) is 0 Å². The predicted octanol–water partition coefficient (Wildman–Crippen LogP) is 12.3. The average molecular weight is 568 g/mol. The van der Waals surface area contributed by atoms with E-state index in [0.717, 1.165) is 16.9 Å². The normalized spacial score (nSPS) is 12.4. The van der Waals surface area contributed by atoms with Crippen LogP contribution in [0, 0.1) is 0 Å². The topological polar surface area (TPSA) is 12.0 Å². The molecule has 44 heavy (non-hydrogen) atoms. The van der Waals surface area contributed by atoms with E-state index in [1.807, 2.05) is 0 Å². The van der Waals surface area contributed by atoms with E-state index in [1.54, 1.807) is 0 Å². The highest BCUT2D eigenvalue weighted by Crippen LogP contribution is 2.36. The lowest BCUT2D eigenvalue weighted by Crippen LogP contribution is -1.99. The van der Waals surface area contributed by atoms with Crippen LogP contribution in [-0.4, -0.2) is 0 Å². The molecule has 0 heterocycles. The van der Waals surface area contributed by atoms with Crippen molar-refractivity contribution in [2.75, 3.05) is 5.32 Å². The van der Waals surface area contributed by atoms with E-state index in [0.29, 0.717) is 0 Å². The Kier molecular flexibility index (Phi) is 8.66. The molecule has 0 aliphatic carbocycles. The van der Waals surface area contributed by atoms with E-state index >= 15 is 0 Å². The summed E-state index contributed by atoms with van der Waals surface area (Å²) in [5.74, 6) is 0. The SMILES string of the molecule is CC(=Cc1ccc(Nc2cccc3ccccc23)c(C=C(C)c2ccccc2)c1C=C(C)c1ccccc1)c1ccccc1.